The second-order valence-corrected chi connectivity index (χ2v) is 6.27. The van der Waals surface area contributed by atoms with Crippen molar-refractivity contribution < 1.29 is 19.1 Å². The van der Waals surface area contributed by atoms with Crippen molar-refractivity contribution in [1.29, 1.82) is 0 Å². The van der Waals surface area contributed by atoms with Gasteiger partial charge in [-0.3, -0.25) is 9.59 Å². The second kappa shape index (κ2) is 9.62. The monoisotopic (exact) mass is 370 g/mol. The van der Waals surface area contributed by atoms with E-state index in [0.29, 0.717) is 17.9 Å². The molecule has 2 amide bonds. The zero-order valence-electron chi connectivity index (χ0n) is 16.2. The Morgan fingerprint density at radius 2 is 1.67 bits per heavy atom. The highest BCUT2D eigenvalue weighted by atomic mass is 16.5. The van der Waals surface area contributed by atoms with Crippen molar-refractivity contribution in [1.82, 2.24) is 5.32 Å². The van der Waals surface area contributed by atoms with E-state index in [-0.39, 0.29) is 24.8 Å². The highest BCUT2D eigenvalue weighted by molar-refractivity contribution is 5.95. The molecule has 0 aliphatic rings. The number of methoxy groups -OCH3 is 2. The van der Waals surface area contributed by atoms with Gasteiger partial charge in [-0.1, -0.05) is 18.2 Å². The number of ether oxygens (including phenoxy) is 2. The van der Waals surface area contributed by atoms with E-state index in [0.717, 1.165) is 22.4 Å². The van der Waals surface area contributed by atoms with E-state index in [4.69, 9.17) is 9.47 Å². The van der Waals surface area contributed by atoms with Crippen molar-refractivity contribution in [2.24, 2.45) is 0 Å². The Kier molecular flexibility index (Phi) is 7.23. The van der Waals surface area contributed by atoms with Gasteiger partial charge in [-0.15, -0.1) is 0 Å². The summed E-state index contributed by atoms with van der Waals surface area (Å²) in [6.07, 6.45) is 0.741. The van der Waals surface area contributed by atoms with E-state index in [2.05, 4.69) is 10.6 Å². The summed E-state index contributed by atoms with van der Waals surface area (Å²) in [6.45, 7) is 3.80. The van der Waals surface area contributed by atoms with Crippen molar-refractivity contribution >= 4 is 17.5 Å². The van der Waals surface area contributed by atoms with Crippen LogP contribution in [0.1, 0.15) is 23.1 Å². The molecule has 0 radical (unpaired) electrons. The van der Waals surface area contributed by atoms with Crippen LogP contribution in [0.2, 0.25) is 0 Å². The van der Waals surface area contributed by atoms with Crippen LogP contribution in [0.3, 0.4) is 0 Å². The smallest absolute Gasteiger partial charge is 0.243 e. The first-order valence-electron chi connectivity index (χ1n) is 8.78. The number of hydrogen-bond acceptors (Lipinski definition) is 4. The molecule has 0 saturated carbocycles. The van der Waals surface area contributed by atoms with E-state index < -0.39 is 0 Å². The van der Waals surface area contributed by atoms with Crippen molar-refractivity contribution in [3.05, 3.63) is 53.1 Å². The molecule has 2 aromatic carbocycles. The Labute approximate surface area is 159 Å². The normalized spacial score (nSPS) is 10.2. The molecule has 6 heteroatoms. The van der Waals surface area contributed by atoms with Crippen LogP contribution in [0, 0.1) is 13.8 Å². The average molecular weight is 370 g/mol. The third kappa shape index (κ3) is 5.74. The molecule has 0 aromatic heterocycles. The maximum atomic E-state index is 12.1. The van der Waals surface area contributed by atoms with Gasteiger partial charge in [-0.2, -0.15) is 0 Å². The fourth-order valence-electron chi connectivity index (χ4n) is 2.79. The zero-order chi connectivity index (χ0) is 19.8. The quantitative estimate of drug-likeness (QED) is 0.749. The lowest BCUT2D eigenvalue weighted by atomic mass is 10.1. The van der Waals surface area contributed by atoms with Crippen LogP contribution in [0.4, 0.5) is 5.69 Å². The van der Waals surface area contributed by atoms with Crippen molar-refractivity contribution in [2.45, 2.75) is 26.7 Å². The van der Waals surface area contributed by atoms with Gasteiger partial charge in [0.15, 0.2) is 0 Å². The van der Waals surface area contributed by atoms with E-state index >= 15 is 0 Å². The molecule has 0 atom stereocenters. The first-order chi connectivity index (χ1) is 12.9. The highest BCUT2D eigenvalue weighted by Crippen LogP contribution is 2.25. The largest absolute Gasteiger partial charge is 0.497 e. The molecule has 0 saturated heterocycles. The number of para-hydroxylation sites is 1. The minimum atomic E-state index is -0.250. The number of hydrogen-bond donors (Lipinski definition) is 2. The number of nitrogens with one attached hydrogen (secondary N) is 2. The van der Waals surface area contributed by atoms with Gasteiger partial charge in [-0.25, -0.2) is 0 Å². The predicted octanol–water partition coefficient (Wildman–Crippen LogP) is 3.01. The maximum absolute atomic E-state index is 12.1. The van der Waals surface area contributed by atoms with Gasteiger partial charge in [0.25, 0.3) is 0 Å². The summed E-state index contributed by atoms with van der Waals surface area (Å²) in [4.78, 5) is 24.2. The number of anilines is 1. The standard InChI is InChI=1S/C21H26N2O4/c1-14-6-5-7-15(2)21(14)23-20(25)13-22-19(24)11-8-16-12-17(26-3)9-10-18(16)27-4/h5-7,9-10,12H,8,11,13H2,1-4H3,(H,22,24)(H,23,25). The lowest BCUT2D eigenvalue weighted by molar-refractivity contribution is -0.124. The molecule has 2 rings (SSSR count). The van der Waals surface area contributed by atoms with Crippen molar-refractivity contribution in [2.75, 3.05) is 26.1 Å². The lowest BCUT2D eigenvalue weighted by Gasteiger charge is -2.12. The van der Waals surface area contributed by atoms with Gasteiger partial charge in [0.1, 0.15) is 11.5 Å². The van der Waals surface area contributed by atoms with Gasteiger partial charge >= 0.3 is 0 Å². The summed E-state index contributed by atoms with van der Waals surface area (Å²) in [5.74, 6) is 0.965. The topological polar surface area (TPSA) is 76.7 Å². The fraction of sp³-hybridized carbons (Fsp3) is 0.333. The lowest BCUT2D eigenvalue weighted by Crippen LogP contribution is -2.33. The Bertz CT molecular complexity index is 798. The van der Waals surface area contributed by atoms with Gasteiger partial charge < -0.3 is 20.1 Å². The first-order valence-corrected chi connectivity index (χ1v) is 8.78. The average Bonchev–Trinajstić information content (AvgIpc) is 2.67. The van der Waals surface area contributed by atoms with Crippen LogP contribution in [0.15, 0.2) is 36.4 Å². The Morgan fingerprint density at radius 1 is 0.963 bits per heavy atom. The van der Waals surface area contributed by atoms with Crippen LogP contribution in [0.25, 0.3) is 0 Å². The molecule has 0 unspecified atom stereocenters. The van der Waals surface area contributed by atoms with Gasteiger partial charge in [0, 0.05) is 12.1 Å². The molecule has 0 bridgehead atoms. The maximum Gasteiger partial charge on any atom is 0.243 e. The molecule has 6 nitrogen and oxygen atoms in total. The number of carbonyl (C=O) groups excluding carboxylic acids is 2. The predicted molar refractivity (Wildman–Crippen MR) is 105 cm³/mol. The minimum absolute atomic E-state index is 0.0676. The van der Waals surface area contributed by atoms with E-state index in [1.54, 1.807) is 20.3 Å². The molecule has 144 valence electrons. The third-order valence-corrected chi connectivity index (χ3v) is 4.30. The SMILES string of the molecule is COc1ccc(OC)c(CCC(=O)NCC(=O)Nc2c(C)cccc2C)c1. The summed E-state index contributed by atoms with van der Waals surface area (Å²) in [5, 5.41) is 5.51. The molecule has 0 aliphatic heterocycles. The Hall–Kier alpha value is -3.02. The van der Waals surface area contributed by atoms with Crippen LogP contribution in [-0.4, -0.2) is 32.6 Å². The van der Waals surface area contributed by atoms with Crippen molar-refractivity contribution in [3.8, 4) is 11.5 Å². The summed E-state index contributed by atoms with van der Waals surface area (Å²) in [7, 11) is 3.18. The number of benzene rings is 2. The number of amides is 2. The summed E-state index contributed by atoms with van der Waals surface area (Å²) < 4.78 is 10.5. The zero-order valence-corrected chi connectivity index (χ0v) is 16.2. The molecule has 2 aromatic rings. The van der Waals surface area contributed by atoms with Crippen LogP contribution < -0.4 is 20.1 Å². The minimum Gasteiger partial charge on any atom is -0.497 e. The second-order valence-electron chi connectivity index (χ2n) is 6.27. The highest BCUT2D eigenvalue weighted by Gasteiger charge is 2.11. The number of rotatable bonds is 8. The first kappa shape index (κ1) is 20.3. The third-order valence-electron chi connectivity index (χ3n) is 4.30. The Balaban J connectivity index is 1.85. The van der Waals surface area contributed by atoms with Crippen LogP contribution in [0.5, 0.6) is 11.5 Å². The molecule has 0 spiro atoms. The van der Waals surface area contributed by atoms with E-state index in [9.17, 15) is 9.59 Å². The van der Waals surface area contributed by atoms with E-state index in [1.807, 2.05) is 44.2 Å². The molecular weight excluding hydrogens is 344 g/mol. The summed E-state index contributed by atoms with van der Waals surface area (Å²) in [6, 6.07) is 11.3. The van der Waals surface area contributed by atoms with Gasteiger partial charge in [-0.05, 0) is 55.2 Å². The van der Waals surface area contributed by atoms with Crippen LogP contribution in [-0.2, 0) is 16.0 Å². The Morgan fingerprint density at radius 3 is 2.30 bits per heavy atom. The fourth-order valence-corrected chi connectivity index (χ4v) is 2.79. The molecule has 0 fully saturated rings. The van der Waals surface area contributed by atoms with Gasteiger partial charge in [0.2, 0.25) is 11.8 Å². The summed E-state index contributed by atoms with van der Waals surface area (Å²) in [5.41, 5.74) is 3.64. The van der Waals surface area contributed by atoms with E-state index in [1.165, 1.54) is 0 Å². The molecule has 0 aliphatic carbocycles. The number of aryl methyl sites for hydroxylation is 3. The number of carbonyl (C=O) groups is 2. The van der Waals surface area contributed by atoms with Crippen LogP contribution >= 0.6 is 0 Å². The van der Waals surface area contributed by atoms with Crippen molar-refractivity contribution in [3.63, 3.8) is 0 Å². The molecule has 2 N–H and O–H groups in total. The molecular formula is C21H26N2O4. The molecule has 27 heavy (non-hydrogen) atoms. The van der Waals surface area contributed by atoms with Gasteiger partial charge in [0.05, 0.1) is 20.8 Å². The molecule has 0 heterocycles. The summed E-state index contributed by atoms with van der Waals surface area (Å²) >= 11 is 0.